The van der Waals surface area contributed by atoms with Crippen LogP contribution >= 0.6 is 0 Å². The Morgan fingerprint density at radius 1 is 0.408 bits per heavy atom. The first kappa shape index (κ1) is 26.4. The molecule has 11 aromatic rings. The van der Waals surface area contributed by atoms with Crippen LogP contribution in [0.25, 0.3) is 99.1 Å². The van der Waals surface area contributed by atoms with Crippen LogP contribution in [0.5, 0.6) is 0 Å². The van der Waals surface area contributed by atoms with Gasteiger partial charge < -0.3 is 13.6 Å². The van der Waals surface area contributed by atoms with Crippen LogP contribution < -0.4 is 0 Å². The Morgan fingerprint density at radius 2 is 1.00 bits per heavy atom. The van der Waals surface area contributed by atoms with Crippen LogP contribution in [-0.2, 0) is 0 Å². The Morgan fingerprint density at radius 3 is 1.78 bits per heavy atom. The van der Waals surface area contributed by atoms with E-state index >= 15 is 0 Å². The van der Waals surface area contributed by atoms with Crippen LogP contribution in [0.1, 0.15) is 0 Å². The molecular weight excluding hydrogens is 599 g/mol. The van der Waals surface area contributed by atoms with E-state index in [1.54, 1.807) is 0 Å². The van der Waals surface area contributed by atoms with E-state index in [1.807, 2.05) is 0 Å². The third-order valence-electron chi connectivity index (χ3n) is 10.1. The van der Waals surface area contributed by atoms with Gasteiger partial charge in [-0.1, -0.05) is 103 Å². The topological polar surface area (TPSA) is 35.9 Å². The van der Waals surface area contributed by atoms with Crippen LogP contribution in [-0.4, -0.2) is 14.1 Å². The first-order valence-corrected chi connectivity index (χ1v) is 16.6. The lowest BCUT2D eigenvalue weighted by Crippen LogP contribution is -1.95. The minimum atomic E-state index is 0.619. The Labute approximate surface area is 280 Å². The van der Waals surface area contributed by atoms with E-state index in [0.29, 0.717) is 5.89 Å². The van der Waals surface area contributed by atoms with E-state index in [4.69, 9.17) is 9.40 Å². The van der Waals surface area contributed by atoms with Gasteiger partial charge in [0, 0.05) is 43.9 Å². The Hall–Kier alpha value is -6.65. The number of fused-ring (bicyclic) bond motifs is 11. The van der Waals surface area contributed by atoms with Gasteiger partial charge >= 0.3 is 0 Å². The zero-order valence-corrected chi connectivity index (χ0v) is 26.3. The SMILES string of the molecule is c1ccc(-n2c3ccccc3c3cc4c5ccc(-c6nc7ccc8ccc9ccccc9c8c7o6)cc5n(-c5ccccc5)c4cc32)cc1. The molecule has 0 aliphatic carbocycles. The van der Waals surface area contributed by atoms with E-state index in [-0.39, 0.29) is 0 Å². The van der Waals surface area contributed by atoms with Gasteiger partial charge in [0.25, 0.3) is 0 Å². The number of nitrogens with zero attached hydrogens (tertiary/aromatic N) is 3. The van der Waals surface area contributed by atoms with Gasteiger partial charge in [-0.3, -0.25) is 0 Å². The molecule has 0 unspecified atom stereocenters. The first-order chi connectivity index (χ1) is 24.3. The van der Waals surface area contributed by atoms with Crippen LogP contribution in [0.3, 0.4) is 0 Å². The van der Waals surface area contributed by atoms with Gasteiger partial charge in [-0.15, -0.1) is 0 Å². The van der Waals surface area contributed by atoms with Gasteiger partial charge in [-0.25, -0.2) is 4.98 Å². The number of hydrogen-bond donors (Lipinski definition) is 0. The smallest absolute Gasteiger partial charge is 0.227 e. The first-order valence-electron chi connectivity index (χ1n) is 16.6. The summed E-state index contributed by atoms with van der Waals surface area (Å²) in [6, 6.07) is 58.4. The lowest BCUT2D eigenvalue weighted by atomic mass is 10.0. The highest BCUT2D eigenvalue weighted by molar-refractivity contribution is 6.20. The van der Waals surface area contributed by atoms with Gasteiger partial charge in [-0.05, 0) is 76.8 Å². The highest BCUT2D eigenvalue weighted by atomic mass is 16.3. The maximum absolute atomic E-state index is 6.68. The number of aromatic nitrogens is 3. The average molecular weight is 626 g/mol. The standard InChI is InChI=1S/C45H27N3O/c1-3-12-31(13-4-1)47-39-18-10-9-17-34(39)36-26-37-35-23-21-30(25-40(35)48(42(37)27-41(36)47)32-14-5-2-6-15-32)45-46-38-24-22-29-20-19-28-11-7-8-16-33(28)43(29)44(38)49-45/h1-27H. The molecule has 3 aromatic heterocycles. The summed E-state index contributed by atoms with van der Waals surface area (Å²) in [7, 11) is 0. The fourth-order valence-electron chi connectivity index (χ4n) is 7.92. The summed E-state index contributed by atoms with van der Waals surface area (Å²) in [4.78, 5) is 5.04. The summed E-state index contributed by atoms with van der Waals surface area (Å²) >= 11 is 0. The van der Waals surface area contributed by atoms with Crippen LogP contribution in [0, 0.1) is 0 Å². The van der Waals surface area contributed by atoms with Gasteiger partial charge in [0.2, 0.25) is 5.89 Å². The molecular formula is C45H27N3O. The quantitative estimate of drug-likeness (QED) is 0.183. The van der Waals surface area contributed by atoms with Gasteiger partial charge in [-0.2, -0.15) is 0 Å². The van der Waals surface area contributed by atoms with Crippen LogP contribution in [0.2, 0.25) is 0 Å². The molecule has 0 radical (unpaired) electrons. The minimum Gasteiger partial charge on any atom is -0.435 e. The van der Waals surface area contributed by atoms with Gasteiger partial charge in [0.1, 0.15) is 5.52 Å². The van der Waals surface area contributed by atoms with Crippen LogP contribution in [0.4, 0.5) is 0 Å². The summed E-state index contributed by atoms with van der Waals surface area (Å²) in [6.07, 6.45) is 0. The molecule has 8 aromatic carbocycles. The van der Waals surface area contributed by atoms with E-state index in [0.717, 1.165) is 49.8 Å². The van der Waals surface area contributed by atoms with Crippen molar-refractivity contribution in [1.82, 2.24) is 14.1 Å². The molecule has 0 atom stereocenters. The molecule has 4 nitrogen and oxygen atoms in total. The molecule has 0 aliphatic rings. The van der Waals surface area contributed by atoms with Crippen molar-refractivity contribution >= 4 is 76.3 Å². The number of hydrogen-bond acceptors (Lipinski definition) is 2. The lowest BCUT2D eigenvalue weighted by molar-refractivity contribution is 0.623. The predicted octanol–water partition coefficient (Wildman–Crippen LogP) is 12.0. The highest BCUT2D eigenvalue weighted by Crippen LogP contribution is 2.41. The molecule has 228 valence electrons. The third kappa shape index (κ3) is 3.77. The van der Waals surface area contributed by atoms with Crippen molar-refractivity contribution in [3.05, 3.63) is 164 Å². The number of benzene rings is 8. The molecule has 0 aliphatic heterocycles. The van der Waals surface area contributed by atoms with Crippen molar-refractivity contribution in [2.75, 3.05) is 0 Å². The van der Waals surface area contributed by atoms with Gasteiger partial charge in [0.05, 0.1) is 22.1 Å². The van der Waals surface area contributed by atoms with Gasteiger partial charge in [0.15, 0.2) is 5.58 Å². The molecule has 0 bridgehead atoms. The third-order valence-corrected chi connectivity index (χ3v) is 10.1. The van der Waals surface area contributed by atoms with E-state index < -0.39 is 0 Å². The van der Waals surface area contributed by atoms with Crippen molar-refractivity contribution in [3.8, 4) is 22.8 Å². The summed E-state index contributed by atoms with van der Waals surface area (Å²) in [5.41, 5.74) is 9.53. The summed E-state index contributed by atoms with van der Waals surface area (Å²) in [6.45, 7) is 0. The van der Waals surface area contributed by atoms with E-state index in [1.165, 1.54) is 43.4 Å². The Bertz CT molecular complexity index is 3090. The van der Waals surface area contributed by atoms with Crippen molar-refractivity contribution in [1.29, 1.82) is 0 Å². The lowest BCUT2D eigenvalue weighted by Gasteiger charge is -2.10. The molecule has 0 saturated heterocycles. The second-order valence-electron chi connectivity index (χ2n) is 12.8. The maximum Gasteiger partial charge on any atom is 0.227 e. The summed E-state index contributed by atoms with van der Waals surface area (Å²) in [5, 5.41) is 9.49. The highest BCUT2D eigenvalue weighted by Gasteiger charge is 2.20. The second kappa shape index (κ2) is 9.93. The van der Waals surface area contributed by atoms with Crippen molar-refractivity contribution in [3.63, 3.8) is 0 Å². The fourth-order valence-corrected chi connectivity index (χ4v) is 7.92. The molecule has 0 saturated carbocycles. The molecule has 0 amide bonds. The predicted molar refractivity (Wildman–Crippen MR) is 203 cm³/mol. The molecule has 0 spiro atoms. The maximum atomic E-state index is 6.68. The zero-order valence-electron chi connectivity index (χ0n) is 26.3. The molecule has 0 fully saturated rings. The van der Waals surface area contributed by atoms with Crippen molar-refractivity contribution in [2.24, 2.45) is 0 Å². The Kier molecular flexibility index (Phi) is 5.35. The fraction of sp³-hybridized carbons (Fsp3) is 0. The van der Waals surface area contributed by atoms with Crippen molar-refractivity contribution < 1.29 is 4.42 Å². The minimum absolute atomic E-state index is 0.619. The van der Waals surface area contributed by atoms with Crippen molar-refractivity contribution in [2.45, 2.75) is 0 Å². The second-order valence-corrected chi connectivity index (χ2v) is 12.8. The number of para-hydroxylation sites is 3. The number of rotatable bonds is 3. The summed E-state index contributed by atoms with van der Waals surface area (Å²) in [5.74, 6) is 0.619. The molecule has 0 N–H and O–H groups in total. The molecule has 11 rings (SSSR count). The summed E-state index contributed by atoms with van der Waals surface area (Å²) < 4.78 is 11.4. The zero-order chi connectivity index (χ0) is 32.1. The largest absolute Gasteiger partial charge is 0.435 e. The molecule has 49 heavy (non-hydrogen) atoms. The van der Waals surface area contributed by atoms with E-state index in [9.17, 15) is 0 Å². The monoisotopic (exact) mass is 625 g/mol. The normalized spacial score (nSPS) is 12.1. The average Bonchev–Trinajstić information content (AvgIpc) is 3.84. The molecule has 3 heterocycles. The Balaban J connectivity index is 1.21. The molecule has 4 heteroatoms. The number of oxazole rings is 1. The van der Waals surface area contributed by atoms with E-state index in [2.05, 4.69) is 173 Å². The van der Waals surface area contributed by atoms with Crippen LogP contribution in [0.15, 0.2) is 168 Å².